The Morgan fingerprint density at radius 2 is 2.33 bits per heavy atom. The highest BCUT2D eigenvalue weighted by Gasteiger charge is 2.12. The minimum absolute atomic E-state index is 0.124. The van der Waals surface area contributed by atoms with Crippen LogP contribution in [0.2, 0.25) is 0 Å². The molecule has 1 aromatic heterocycles. The van der Waals surface area contributed by atoms with E-state index in [1.165, 1.54) is 12.4 Å². The topological polar surface area (TPSA) is 78.0 Å². The monoisotopic (exact) mass is 211 g/mol. The number of aromatic amines is 1. The number of hydrogen-bond acceptors (Lipinski definition) is 4. The summed E-state index contributed by atoms with van der Waals surface area (Å²) in [6.07, 6.45) is 2.01. The van der Waals surface area contributed by atoms with Crippen LogP contribution in [0.1, 0.15) is 20.3 Å². The molecule has 84 valence electrons. The van der Waals surface area contributed by atoms with E-state index >= 15 is 0 Å². The zero-order valence-corrected chi connectivity index (χ0v) is 9.03. The lowest BCUT2D eigenvalue weighted by atomic mass is 10.0. The fourth-order valence-electron chi connectivity index (χ4n) is 1.35. The Labute approximate surface area is 88.6 Å². The van der Waals surface area contributed by atoms with E-state index in [0.29, 0.717) is 18.2 Å². The van der Waals surface area contributed by atoms with Crippen LogP contribution < -0.4 is 10.9 Å². The second kappa shape index (κ2) is 5.50. The number of H-pyrrole nitrogens is 1. The number of aromatic nitrogens is 2. The molecule has 0 amide bonds. The van der Waals surface area contributed by atoms with Crippen molar-refractivity contribution in [2.24, 2.45) is 5.92 Å². The SMILES string of the molecule is CC(C)C(CCO)Nc1cc(=O)[nH]cn1. The minimum atomic E-state index is -0.181. The number of rotatable bonds is 5. The highest BCUT2D eigenvalue weighted by atomic mass is 16.3. The number of nitrogens with zero attached hydrogens (tertiary/aromatic N) is 1. The molecule has 0 fully saturated rings. The van der Waals surface area contributed by atoms with Crippen molar-refractivity contribution in [1.29, 1.82) is 0 Å². The first-order valence-electron chi connectivity index (χ1n) is 5.05. The largest absolute Gasteiger partial charge is 0.396 e. The van der Waals surface area contributed by atoms with Gasteiger partial charge in [0.1, 0.15) is 5.82 Å². The van der Waals surface area contributed by atoms with Gasteiger partial charge >= 0.3 is 0 Å². The summed E-state index contributed by atoms with van der Waals surface area (Å²) in [7, 11) is 0. The van der Waals surface area contributed by atoms with Crippen LogP contribution in [0, 0.1) is 5.92 Å². The van der Waals surface area contributed by atoms with E-state index in [2.05, 4.69) is 29.1 Å². The maximum absolute atomic E-state index is 11.0. The molecule has 3 N–H and O–H groups in total. The van der Waals surface area contributed by atoms with Crippen molar-refractivity contribution in [3.8, 4) is 0 Å². The van der Waals surface area contributed by atoms with Crippen molar-refractivity contribution in [2.45, 2.75) is 26.3 Å². The summed E-state index contributed by atoms with van der Waals surface area (Å²) in [5.74, 6) is 0.920. The van der Waals surface area contributed by atoms with Crippen molar-refractivity contribution in [3.63, 3.8) is 0 Å². The van der Waals surface area contributed by atoms with E-state index < -0.39 is 0 Å². The number of anilines is 1. The van der Waals surface area contributed by atoms with Gasteiger partial charge in [-0.2, -0.15) is 0 Å². The summed E-state index contributed by atoms with van der Waals surface area (Å²) in [4.78, 5) is 17.5. The predicted molar refractivity (Wildman–Crippen MR) is 58.8 cm³/mol. The lowest BCUT2D eigenvalue weighted by molar-refractivity contribution is 0.267. The maximum Gasteiger partial charge on any atom is 0.252 e. The molecule has 15 heavy (non-hydrogen) atoms. The molecule has 0 radical (unpaired) electrons. The Morgan fingerprint density at radius 3 is 2.87 bits per heavy atom. The predicted octanol–water partition coefficient (Wildman–Crippen LogP) is 0.589. The molecular weight excluding hydrogens is 194 g/mol. The van der Waals surface area contributed by atoms with E-state index in [0.717, 1.165) is 0 Å². The van der Waals surface area contributed by atoms with E-state index in [-0.39, 0.29) is 18.2 Å². The molecular formula is C10H17N3O2. The fraction of sp³-hybridized carbons (Fsp3) is 0.600. The second-order valence-corrected chi connectivity index (χ2v) is 3.80. The molecule has 0 aliphatic heterocycles. The Balaban J connectivity index is 2.69. The van der Waals surface area contributed by atoms with Crippen LogP contribution in [-0.4, -0.2) is 27.7 Å². The Morgan fingerprint density at radius 1 is 1.60 bits per heavy atom. The molecule has 5 heteroatoms. The van der Waals surface area contributed by atoms with E-state index in [9.17, 15) is 4.79 Å². The van der Waals surface area contributed by atoms with Crippen molar-refractivity contribution in [2.75, 3.05) is 11.9 Å². The van der Waals surface area contributed by atoms with Gasteiger partial charge in [0.15, 0.2) is 0 Å². The van der Waals surface area contributed by atoms with Gasteiger partial charge in [0.25, 0.3) is 5.56 Å². The Bertz CT molecular complexity index is 349. The van der Waals surface area contributed by atoms with E-state index in [1.54, 1.807) is 0 Å². The first kappa shape index (κ1) is 11.7. The van der Waals surface area contributed by atoms with Crippen molar-refractivity contribution in [1.82, 2.24) is 9.97 Å². The van der Waals surface area contributed by atoms with Gasteiger partial charge < -0.3 is 15.4 Å². The Kier molecular flexibility index (Phi) is 4.30. The molecule has 5 nitrogen and oxygen atoms in total. The lowest BCUT2D eigenvalue weighted by Gasteiger charge is -2.21. The third-order valence-corrected chi connectivity index (χ3v) is 2.26. The van der Waals surface area contributed by atoms with Gasteiger partial charge in [0, 0.05) is 18.7 Å². The number of aliphatic hydroxyl groups is 1. The first-order chi connectivity index (χ1) is 7.13. The molecule has 1 heterocycles. The molecule has 0 aliphatic rings. The summed E-state index contributed by atoms with van der Waals surface area (Å²) in [6, 6.07) is 1.54. The van der Waals surface area contributed by atoms with Gasteiger partial charge in [-0.05, 0) is 12.3 Å². The van der Waals surface area contributed by atoms with Crippen LogP contribution in [0.25, 0.3) is 0 Å². The molecule has 0 saturated heterocycles. The molecule has 0 aromatic carbocycles. The van der Waals surface area contributed by atoms with Gasteiger partial charge in [0.2, 0.25) is 0 Å². The standard InChI is InChI=1S/C10H17N3O2/c1-7(2)8(3-4-14)13-9-5-10(15)12-6-11-9/h5-8,14H,3-4H2,1-2H3,(H2,11,12,13,15). The molecule has 1 rings (SSSR count). The fourth-order valence-corrected chi connectivity index (χ4v) is 1.35. The third-order valence-electron chi connectivity index (χ3n) is 2.26. The van der Waals surface area contributed by atoms with Crippen LogP contribution >= 0.6 is 0 Å². The normalized spacial score (nSPS) is 12.8. The molecule has 0 bridgehead atoms. The molecule has 1 atom stereocenters. The van der Waals surface area contributed by atoms with Gasteiger partial charge in [0.05, 0.1) is 6.33 Å². The number of hydrogen-bond donors (Lipinski definition) is 3. The maximum atomic E-state index is 11.0. The zero-order chi connectivity index (χ0) is 11.3. The summed E-state index contributed by atoms with van der Waals surface area (Å²) in [5, 5.41) is 12.0. The highest BCUT2D eigenvalue weighted by Crippen LogP contribution is 2.11. The summed E-state index contributed by atoms with van der Waals surface area (Å²) < 4.78 is 0. The van der Waals surface area contributed by atoms with Crippen LogP contribution in [-0.2, 0) is 0 Å². The summed E-state index contributed by atoms with van der Waals surface area (Å²) in [6.45, 7) is 4.24. The smallest absolute Gasteiger partial charge is 0.252 e. The number of aliphatic hydroxyl groups excluding tert-OH is 1. The van der Waals surface area contributed by atoms with Crippen LogP contribution in [0.5, 0.6) is 0 Å². The Hall–Kier alpha value is -1.36. The summed E-state index contributed by atoms with van der Waals surface area (Å²) >= 11 is 0. The molecule has 0 aliphatic carbocycles. The van der Waals surface area contributed by atoms with Crippen LogP contribution in [0.15, 0.2) is 17.2 Å². The van der Waals surface area contributed by atoms with E-state index in [4.69, 9.17) is 5.11 Å². The van der Waals surface area contributed by atoms with Gasteiger partial charge in [-0.15, -0.1) is 0 Å². The highest BCUT2D eigenvalue weighted by molar-refractivity contribution is 5.33. The zero-order valence-electron chi connectivity index (χ0n) is 9.03. The second-order valence-electron chi connectivity index (χ2n) is 3.80. The lowest BCUT2D eigenvalue weighted by Crippen LogP contribution is -2.28. The van der Waals surface area contributed by atoms with Crippen LogP contribution in [0.3, 0.4) is 0 Å². The minimum Gasteiger partial charge on any atom is -0.396 e. The quantitative estimate of drug-likeness (QED) is 0.666. The average Bonchev–Trinajstić information content (AvgIpc) is 2.17. The molecule has 1 unspecified atom stereocenters. The molecule has 0 spiro atoms. The number of nitrogens with one attached hydrogen (secondary N) is 2. The average molecular weight is 211 g/mol. The van der Waals surface area contributed by atoms with Crippen molar-refractivity contribution in [3.05, 3.63) is 22.7 Å². The van der Waals surface area contributed by atoms with Crippen LogP contribution in [0.4, 0.5) is 5.82 Å². The van der Waals surface area contributed by atoms with Gasteiger partial charge in [-0.1, -0.05) is 13.8 Å². The first-order valence-corrected chi connectivity index (χ1v) is 5.05. The van der Waals surface area contributed by atoms with Gasteiger partial charge in [-0.3, -0.25) is 4.79 Å². The van der Waals surface area contributed by atoms with Crippen molar-refractivity contribution < 1.29 is 5.11 Å². The third kappa shape index (κ3) is 3.71. The van der Waals surface area contributed by atoms with E-state index in [1.807, 2.05) is 0 Å². The summed E-state index contributed by atoms with van der Waals surface area (Å²) in [5.41, 5.74) is -0.181. The van der Waals surface area contributed by atoms with Gasteiger partial charge in [-0.25, -0.2) is 4.98 Å². The molecule has 1 aromatic rings. The molecule has 0 saturated carbocycles. The van der Waals surface area contributed by atoms with Crippen molar-refractivity contribution >= 4 is 5.82 Å².